The topological polar surface area (TPSA) is 42.0 Å². The molecule has 1 unspecified atom stereocenters. The van der Waals surface area contributed by atoms with E-state index in [0.717, 1.165) is 22.9 Å². The van der Waals surface area contributed by atoms with E-state index in [9.17, 15) is 4.79 Å². The van der Waals surface area contributed by atoms with Crippen LogP contribution in [0.3, 0.4) is 0 Å². The minimum Gasteiger partial charge on any atom is -0.310 e. The fourth-order valence-electron chi connectivity index (χ4n) is 2.24. The summed E-state index contributed by atoms with van der Waals surface area (Å²) in [5.74, 6) is 0.313. The number of hydrogen-bond donors (Lipinski definition) is 1. The first-order chi connectivity index (χ1) is 9.11. The SMILES string of the molecule is CNC(Cc1ccc2ncccc2c1)C(=O)C(C)C. The van der Waals surface area contributed by atoms with E-state index in [2.05, 4.69) is 16.4 Å². The van der Waals surface area contributed by atoms with E-state index in [0.29, 0.717) is 0 Å². The first kappa shape index (κ1) is 13.7. The number of Topliss-reactive ketones (excluding diaryl/α,β-unsaturated/α-hetero) is 1. The number of carbonyl (C=O) groups is 1. The second-order valence-corrected chi connectivity index (χ2v) is 5.13. The molecule has 0 saturated heterocycles. The van der Waals surface area contributed by atoms with E-state index < -0.39 is 0 Å². The lowest BCUT2D eigenvalue weighted by Gasteiger charge is -2.17. The number of nitrogens with zero attached hydrogens (tertiary/aromatic N) is 1. The van der Waals surface area contributed by atoms with Gasteiger partial charge in [-0.25, -0.2) is 0 Å². The van der Waals surface area contributed by atoms with E-state index in [4.69, 9.17) is 0 Å². The van der Waals surface area contributed by atoms with Gasteiger partial charge in [0, 0.05) is 17.5 Å². The third-order valence-electron chi connectivity index (χ3n) is 3.37. The Morgan fingerprint density at radius 2 is 2.11 bits per heavy atom. The van der Waals surface area contributed by atoms with Gasteiger partial charge in [-0.15, -0.1) is 0 Å². The van der Waals surface area contributed by atoms with Gasteiger partial charge in [-0.2, -0.15) is 0 Å². The van der Waals surface area contributed by atoms with Crippen molar-refractivity contribution in [3.8, 4) is 0 Å². The van der Waals surface area contributed by atoms with Crippen LogP contribution in [-0.2, 0) is 11.2 Å². The number of carbonyl (C=O) groups excluding carboxylic acids is 1. The first-order valence-electron chi connectivity index (χ1n) is 6.66. The van der Waals surface area contributed by atoms with Crippen molar-refractivity contribution in [2.45, 2.75) is 26.3 Å². The van der Waals surface area contributed by atoms with Crippen LogP contribution >= 0.6 is 0 Å². The van der Waals surface area contributed by atoms with Crippen LogP contribution in [0, 0.1) is 5.92 Å². The van der Waals surface area contributed by atoms with Crippen molar-refractivity contribution in [1.82, 2.24) is 10.3 Å². The molecule has 2 aromatic rings. The Labute approximate surface area is 114 Å². The maximum atomic E-state index is 12.1. The van der Waals surface area contributed by atoms with Crippen molar-refractivity contribution in [2.24, 2.45) is 5.92 Å². The van der Waals surface area contributed by atoms with Gasteiger partial charge < -0.3 is 5.32 Å². The third-order valence-corrected chi connectivity index (χ3v) is 3.37. The molecule has 0 aliphatic carbocycles. The molecule has 0 spiro atoms. The summed E-state index contributed by atoms with van der Waals surface area (Å²) in [6.07, 6.45) is 2.51. The van der Waals surface area contributed by atoms with Crippen molar-refractivity contribution >= 4 is 16.7 Å². The van der Waals surface area contributed by atoms with E-state index in [1.54, 1.807) is 6.20 Å². The predicted octanol–water partition coefficient (Wildman–Crippen LogP) is 2.59. The average Bonchev–Trinajstić information content (AvgIpc) is 2.43. The molecular weight excluding hydrogens is 236 g/mol. The maximum Gasteiger partial charge on any atom is 0.152 e. The van der Waals surface area contributed by atoms with Crippen LogP contribution in [0.4, 0.5) is 0 Å². The molecule has 1 aromatic heterocycles. The summed E-state index contributed by atoms with van der Waals surface area (Å²) in [4.78, 5) is 16.4. The minimum absolute atomic E-state index is 0.0552. The van der Waals surface area contributed by atoms with Gasteiger partial charge in [0.05, 0.1) is 11.6 Å². The van der Waals surface area contributed by atoms with Gasteiger partial charge in [0.2, 0.25) is 0 Å². The van der Waals surface area contributed by atoms with Crippen molar-refractivity contribution in [2.75, 3.05) is 7.05 Å². The highest BCUT2D eigenvalue weighted by Gasteiger charge is 2.19. The number of nitrogens with one attached hydrogen (secondary N) is 1. The molecule has 3 heteroatoms. The average molecular weight is 256 g/mol. The molecule has 0 saturated carbocycles. The van der Waals surface area contributed by atoms with Crippen LogP contribution in [0.15, 0.2) is 36.5 Å². The Kier molecular flexibility index (Phi) is 4.27. The maximum absolute atomic E-state index is 12.1. The molecule has 0 aliphatic heterocycles. The zero-order valence-electron chi connectivity index (χ0n) is 11.7. The number of aromatic nitrogens is 1. The number of benzene rings is 1. The van der Waals surface area contributed by atoms with E-state index in [1.165, 1.54) is 0 Å². The largest absolute Gasteiger partial charge is 0.310 e. The number of hydrogen-bond acceptors (Lipinski definition) is 3. The van der Waals surface area contributed by atoms with Crippen LogP contribution in [0.2, 0.25) is 0 Å². The summed E-state index contributed by atoms with van der Waals surface area (Å²) in [7, 11) is 1.84. The van der Waals surface area contributed by atoms with Gasteiger partial charge in [0.25, 0.3) is 0 Å². The number of rotatable bonds is 5. The van der Waals surface area contributed by atoms with Gasteiger partial charge in [-0.1, -0.05) is 26.0 Å². The highest BCUT2D eigenvalue weighted by Crippen LogP contribution is 2.15. The molecule has 0 aliphatic rings. The summed E-state index contributed by atoms with van der Waals surface area (Å²) < 4.78 is 0. The van der Waals surface area contributed by atoms with Gasteiger partial charge in [-0.3, -0.25) is 9.78 Å². The molecule has 0 amide bonds. The molecule has 0 radical (unpaired) electrons. The summed E-state index contributed by atoms with van der Waals surface area (Å²) >= 11 is 0. The van der Waals surface area contributed by atoms with Crippen molar-refractivity contribution in [3.05, 3.63) is 42.1 Å². The van der Waals surface area contributed by atoms with Gasteiger partial charge in [0.1, 0.15) is 0 Å². The lowest BCUT2D eigenvalue weighted by atomic mass is 9.95. The summed E-state index contributed by atoms with van der Waals surface area (Å²) in [6.45, 7) is 3.88. The lowest BCUT2D eigenvalue weighted by Crippen LogP contribution is -2.38. The molecule has 19 heavy (non-hydrogen) atoms. The first-order valence-corrected chi connectivity index (χ1v) is 6.66. The van der Waals surface area contributed by atoms with Crippen LogP contribution in [0.25, 0.3) is 10.9 Å². The highest BCUT2D eigenvalue weighted by molar-refractivity contribution is 5.86. The van der Waals surface area contributed by atoms with Gasteiger partial charge in [-0.05, 0) is 37.2 Å². The molecule has 1 heterocycles. The minimum atomic E-state index is -0.117. The van der Waals surface area contributed by atoms with Crippen LogP contribution < -0.4 is 5.32 Å². The normalized spacial score (nSPS) is 12.8. The molecule has 100 valence electrons. The number of fused-ring (bicyclic) bond motifs is 1. The number of pyridine rings is 1. The number of ketones is 1. The quantitative estimate of drug-likeness (QED) is 0.894. The third kappa shape index (κ3) is 3.18. The Bertz CT molecular complexity index is 578. The predicted molar refractivity (Wildman–Crippen MR) is 78.1 cm³/mol. The van der Waals surface area contributed by atoms with Crippen LogP contribution in [-0.4, -0.2) is 23.9 Å². The van der Waals surface area contributed by atoms with E-state index in [1.807, 2.05) is 45.2 Å². The van der Waals surface area contributed by atoms with Crippen LogP contribution in [0.5, 0.6) is 0 Å². The molecule has 1 N–H and O–H groups in total. The van der Waals surface area contributed by atoms with Crippen LogP contribution in [0.1, 0.15) is 19.4 Å². The molecule has 0 fully saturated rings. The van der Waals surface area contributed by atoms with Crippen molar-refractivity contribution in [3.63, 3.8) is 0 Å². The highest BCUT2D eigenvalue weighted by atomic mass is 16.1. The smallest absolute Gasteiger partial charge is 0.152 e. The second kappa shape index (κ2) is 5.93. The molecule has 2 rings (SSSR count). The van der Waals surface area contributed by atoms with E-state index >= 15 is 0 Å². The molecule has 1 atom stereocenters. The van der Waals surface area contributed by atoms with Crippen molar-refractivity contribution < 1.29 is 4.79 Å². The fraction of sp³-hybridized carbons (Fsp3) is 0.375. The fourth-order valence-corrected chi connectivity index (χ4v) is 2.24. The van der Waals surface area contributed by atoms with Gasteiger partial charge in [0.15, 0.2) is 5.78 Å². The zero-order chi connectivity index (χ0) is 13.8. The number of likely N-dealkylation sites (N-methyl/N-ethyl adjacent to an activating group) is 1. The lowest BCUT2D eigenvalue weighted by molar-refractivity contribution is -0.123. The molecular formula is C16H20N2O. The zero-order valence-corrected chi connectivity index (χ0v) is 11.7. The molecule has 0 bridgehead atoms. The standard InChI is InChI=1S/C16H20N2O/c1-11(2)16(19)15(17-3)10-12-6-7-14-13(9-12)5-4-8-18-14/h4-9,11,15,17H,10H2,1-3H3. The molecule has 1 aromatic carbocycles. The summed E-state index contributed by atoms with van der Waals surface area (Å²) in [5, 5.41) is 4.23. The Hall–Kier alpha value is -1.74. The molecule has 3 nitrogen and oxygen atoms in total. The van der Waals surface area contributed by atoms with E-state index in [-0.39, 0.29) is 17.7 Å². The monoisotopic (exact) mass is 256 g/mol. The Morgan fingerprint density at radius 1 is 1.32 bits per heavy atom. The Morgan fingerprint density at radius 3 is 2.79 bits per heavy atom. The second-order valence-electron chi connectivity index (χ2n) is 5.13. The summed E-state index contributed by atoms with van der Waals surface area (Å²) in [6, 6.07) is 10.0. The van der Waals surface area contributed by atoms with Crippen molar-refractivity contribution in [1.29, 1.82) is 0 Å². The Balaban J connectivity index is 2.22. The van der Waals surface area contributed by atoms with Gasteiger partial charge >= 0.3 is 0 Å². The summed E-state index contributed by atoms with van der Waals surface area (Å²) in [5.41, 5.74) is 2.15.